The molecule has 2 aromatic carbocycles. The highest BCUT2D eigenvalue weighted by Gasteiger charge is 2.30. The lowest BCUT2D eigenvalue weighted by molar-refractivity contribution is -0.137. The van der Waals surface area contributed by atoms with Crippen LogP contribution < -0.4 is 10.5 Å². The summed E-state index contributed by atoms with van der Waals surface area (Å²) in [7, 11) is 0. The largest absolute Gasteiger partial charge is 0.465 e. The summed E-state index contributed by atoms with van der Waals surface area (Å²) in [5.74, 6) is 0.163. The van der Waals surface area contributed by atoms with Crippen LogP contribution >= 0.6 is 0 Å². The zero-order valence-electron chi connectivity index (χ0n) is 11.1. The van der Waals surface area contributed by atoms with E-state index < -0.39 is 11.7 Å². The highest BCUT2D eigenvalue weighted by Crippen LogP contribution is 2.33. The van der Waals surface area contributed by atoms with Crippen LogP contribution in [0, 0.1) is 0 Å². The molecule has 3 nitrogen and oxygen atoms in total. The van der Waals surface area contributed by atoms with Crippen molar-refractivity contribution in [2.24, 2.45) is 0 Å². The summed E-state index contributed by atoms with van der Waals surface area (Å²) < 4.78 is 47.9. The second-order valence-electron chi connectivity index (χ2n) is 4.35. The maximum absolute atomic E-state index is 12.5. The molecular weight excluding hydrogens is 283 g/mol. The fourth-order valence-corrected chi connectivity index (χ4v) is 1.70. The van der Waals surface area contributed by atoms with Crippen LogP contribution in [0.25, 0.3) is 0 Å². The second-order valence-corrected chi connectivity index (χ2v) is 4.35. The highest BCUT2D eigenvalue weighted by atomic mass is 19.4. The number of nitrogens with two attached hydrogens (primary N) is 1. The summed E-state index contributed by atoms with van der Waals surface area (Å²) in [5.41, 5.74) is 5.62. The van der Waals surface area contributed by atoms with Gasteiger partial charge in [0.25, 0.3) is 0 Å². The Bertz CT molecular complexity index is 585. The highest BCUT2D eigenvalue weighted by molar-refractivity contribution is 5.54. The fourth-order valence-electron chi connectivity index (χ4n) is 1.70. The molecule has 0 amide bonds. The average molecular weight is 297 g/mol. The molecule has 2 N–H and O–H groups in total. The van der Waals surface area contributed by atoms with Crippen LogP contribution in [-0.4, -0.2) is 6.79 Å². The molecule has 0 aromatic heterocycles. The Morgan fingerprint density at radius 3 is 2.33 bits per heavy atom. The summed E-state index contributed by atoms with van der Waals surface area (Å²) in [5, 5.41) is 0. The quantitative estimate of drug-likeness (QED) is 0.518. The minimum Gasteiger partial charge on any atom is -0.465 e. The monoisotopic (exact) mass is 297 g/mol. The molecular formula is C15H14F3NO2. The molecule has 0 fully saturated rings. The third-order valence-corrected chi connectivity index (χ3v) is 2.75. The van der Waals surface area contributed by atoms with Crippen LogP contribution in [0.5, 0.6) is 5.75 Å². The van der Waals surface area contributed by atoms with E-state index in [-0.39, 0.29) is 18.2 Å². The molecule has 0 aliphatic heterocycles. The van der Waals surface area contributed by atoms with Gasteiger partial charge in [-0.05, 0) is 23.8 Å². The maximum Gasteiger partial charge on any atom is 0.416 e. The zero-order chi connectivity index (χ0) is 15.3. The molecule has 0 radical (unpaired) electrons. The first-order valence-electron chi connectivity index (χ1n) is 6.18. The van der Waals surface area contributed by atoms with Crippen molar-refractivity contribution in [1.29, 1.82) is 0 Å². The Balaban J connectivity index is 1.86. The number of nitrogen functional groups attached to an aromatic ring is 1. The van der Waals surface area contributed by atoms with E-state index in [1.165, 1.54) is 6.07 Å². The molecule has 0 aliphatic rings. The normalized spacial score (nSPS) is 11.4. The number of rotatable bonds is 5. The summed E-state index contributed by atoms with van der Waals surface area (Å²) in [6.45, 7) is 0.256. The number of hydrogen-bond donors (Lipinski definition) is 1. The summed E-state index contributed by atoms with van der Waals surface area (Å²) in [4.78, 5) is 0. The third-order valence-electron chi connectivity index (χ3n) is 2.75. The molecule has 0 unspecified atom stereocenters. The Morgan fingerprint density at radius 2 is 1.71 bits per heavy atom. The number of benzene rings is 2. The number of halogens is 3. The van der Waals surface area contributed by atoms with Gasteiger partial charge in [0.2, 0.25) is 0 Å². The van der Waals surface area contributed by atoms with E-state index in [1.807, 2.05) is 30.3 Å². The Labute approximate surface area is 120 Å². The van der Waals surface area contributed by atoms with Crippen molar-refractivity contribution in [2.45, 2.75) is 12.8 Å². The number of alkyl halides is 3. The van der Waals surface area contributed by atoms with Gasteiger partial charge in [0.1, 0.15) is 5.75 Å². The fraction of sp³-hybridized carbons (Fsp3) is 0.200. The van der Waals surface area contributed by atoms with Gasteiger partial charge in [-0.1, -0.05) is 30.3 Å². The molecule has 0 spiro atoms. The van der Waals surface area contributed by atoms with Crippen molar-refractivity contribution >= 4 is 5.69 Å². The smallest absolute Gasteiger partial charge is 0.416 e. The molecule has 0 aliphatic carbocycles. The predicted molar refractivity (Wildman–Crippen MR) is 72.6 cm³/mol. The first-order valence-corrected chi connectivity index (χ1v) is 6.18. The van der Waals surface area contributed by atoms with Gasteiger partial charge in [-0.3, -0.25) is 0 Å². The summed E-state index contributed by atoms with van der Waals surface area (Å²) >= 11 is 0. The van der Waals surface area contributed by atoms with Crippen LogP contribution in [0.2, 0.25) is 0 Å². The van der Waals surface area contributed by atoms with Crippen LogP contribution in [0.4, 0.5) is 18.9 Å². The Hall–Kier alpha value is -2.21. The van der Waals surface area contributed by atoms with E-state index in [0.717, 1.165) is 17.7 Å². The van der Waals surface area contributed by atoms with Gasteiger partial charge >= 0.3 is 6.18 Å². The molecule has 2 rings (SSSR count). The van der Waals surface area contributed by atoms with Gasteiger partial charge < -0.3 is 15.2 Å². The van der Waals surface area contributed by atoms with Crippen LogP contribution in [-0.2, 0) is 17.5 Å². The predicted octanol–water partition coefficient (Wildman–Crippen LogP) is 3.84. The van der Waals surface area contributed by atoms with Gasteiger partial charge in [0.05, 0.1) is 17.9 Å². The number of ether oxygens (including phenoxy) is 2. The Kier molecular flexibility index (Phi) is 4.70. The minimum absolute atomic E-state index is 0.0758. The van der Waals surface area contributed by atoms with Crippen molar-refractivity contribution < 1.29 is 22.6 Å². The van der Waals surface area contributed by atoms with E-state index in [1.54, 1.807) is 0 Å². The van der Waals surface area contributed by atoms with Crippen molar-refractivity contribution in [3.05, 3.63) is 59.7 Å². The lowest BCUT2D eigenvalue weighted by Crippen LogP contribution is -2.08. The SMILES string of the molecule is Nc1cc(C(F)(F)F)ccc1OCOCc1ccccc1. The van der Waals surface area contributed by atoms with E-state index in [9.17, 15) is 13.2 Å². The van der Waals surface area contributed by atoms with E-state index >= 15 is 0 Å². The Morgan fingerprint density at radius 1 is 1.00 bits per heavy atom. The number of hydrogen-bond acceptors (Lipinski definition) is 3. The molecule has 2 aromatic rings. The molecule has 0 heterocycles. The van der Waals surface area contributed by atoms with Gasteiger partial charge in [0.15, 0.2) is 6.79 Å². The second kappa shape index (κ2) is 6.49. The van der Waals surface area contributed by atoms with Crippen LogP contribution in [0.1, 0.15) is 11.1 Å². The van der Waals surface area contributed by atoms with Crippen molar-refractivity contribution in [3.63, 3.8) is 0 Å². The van der Waals surface area contributed by atoms with Crippen molar-refractivity contribution in [1.82, 2.24) is 0 Å². The molecule has 6 heteroatoms. The number of anilines is 1. The topological polar surface area (TPSA) is 44.5 Å². The molecule has 0 saturated heterocycles. The minimum atomic E-state index is -4.42. The lowest BCUT2D eigenvalue weighted by atomic mass is 10.2. The van der Waals surface area contributed by atoms with Gasteiger partial charge in [-0.15, -0.1) is 0 Å². The molecule has 112 valence electrons. The summed E-state index contributed by atoms with van der Waals surface area (Å²) in [6, 6.07) is 12.4. The summed E-state index contributed by atoms with van der Waals surface area (Å²) in [6.07, 6.45) is -4.42. The first-order chi connectivity index (χ1) is 9.97. The standard InChI is InChI=1S/C15H14F3NO2/c16-15(17,18)12-6-7-14(13(19)8-12)21-10-20-9-11-4-2-1-3-5-11/h1-8H,9-10,19H2. The molecule has 0 bridgehead atoms. The molecule has 0 saturated carbocycles. The maximum atomic E-state index is 12.5. The van der Waals surface area contributed by atoms with E-state index in [4.69, 9.17) is 15.2 Å². The van der Waals surface area contributed by atoms with Crippen LogP contribution in [0.15, 0.2) is 48.5 Å². The van der Waals surface area contributed by atoms with Gasteiger partial charge in [-0.25, -0.2) is 0 Å². The lowest BCUT2D eigenvalue weighted by Gasteiger charge is -2.12. The van der Waals surface area contributed by atoms with Crippen molar-refractivity contribution in [2.75, 3.05) is 12.5 Å². The molecule has 21 heavy (non-hydrogen) atoms. The first kappa shape index (κ1) is 15.2. The van der Waals surface area contributed by atoms with E-state index in [2.05, 4.69) is 0 Å². The van der Waals surface area contributed by atoms with E-state index in [0.29, 0.717) is 6.61 Å². The van der Waals surface area contributed by atoms with Crippen LogP contribution in [0.3, 0.4) is 0 Å². The van der Waals surface area contributed by atoms with Gasteiger partial charge in [-0.2, -0.15) is 13.2 Å². The van der Waals surface area contributed by atoms with Crippen molar-refractivity contribution in [3.8, 4) is 5.75 Å². The van der Waals surface area contributed by atoms with Gasteiger partial charge in [0, 0.05) is 0 Å². The third kappa shape index (κ3) is 4.39. The average Bonchev–Trinajstić information content (AvgIpc) is 2.45. The molecule has 0 atom stereocenters. The zero-order valence-corrected chi connectivity index (χ0v) is 11.1.